The fourth-order valence-corrected chi connectivity index (χ4v) is 1.95. The lowest BCUT2D eigenvalue weighted by Crippen LogP contribution is -2.57. The van der Waals surface area contributed by atoms with Gasteiger partial charge in [-0.15, -0.1) is 0 Å². The second-order valence-corrected chi connectivity index (χ2v) is 4.51. The summed E-state index contributed by atoms with van der Waals surface area (Å²) in [6, 6.07) is -0.224. The van der Waals surface area contributed by atoms with Crippen LogP contribution < -0.4 is 16.0 Å². The van der Waals surface area contributed by atoms with Crippen molar-refractivity contribution in [3.63, 3.8) is 0 Å². The first-order valence-electron chi connectivity index (χ1n) is 5.80. The summed E-state index contributed by atoms with van der Waals surface area (Å²) in [4.78, 5) is 11.6. The second-order valence-electron chi connectivity index (χ2n) is 4.51. The van der Waals surface area contributed by atoms with Gasteiger partial charge in [-0.2, -0.15) is 0 Å². The van der Waals surface area contributed by atoms with Gasteiger partial charge < -0.3 is 20.5 Å². The quantitative estimate of drug-likeness (QED) is 0.737. The van der Waals surface area contributed by atoms with Gasteiger partial charge in [0.25, 0.3) is 0 Å². The van der Waals surface area contributed by atoms with Gasteiger partial charge in [-0.3, -0.25) is 0 Å². The molecule has 3 N–H and O–H groups in total. The lowest BCUT2D eigenvalue weighted by atomic mass is 9.77. The van der Waals surface area contributed by atoms with Gasteiger partial charge in [-0.05, 0) is 33.2 Å². The van der Waals surface area contributed by atoms with E-state index in [2.05, 4.69) is 21.1 Å². The molecule has 0 bridgehead atoms. The first-order chi connectivity index (χ1) is 8.15. The van der Waals surface area contributed by atoms with E-state index < -0.39 is 0 Å². The van der Waals surface area contributed by atoms with E-state index in [0.717, 1.165) is 12.8 Å². The van der Waals surface area contributed by atoms with E-state index in [0.29, 0.717) is 17.9 Å². The molecule has 0 aliphatic heterocycles. The molecular formula is C11H18N4O2. The zero-order chi connectivity index (χ0) is 12.3. The van der Waals surface area contributed by atoms with Gasteiger partial charge in [-0.25, -0.2) is 4.79 Å². The van der Waals surface area contributed by atoms with Crippen molar-refractivity contribution in [2.24, 2.45) is 0 Å². The van der Waals surface area contributed by atoms with E-state index in [1.807, 2.05) is 7.05 Å². The Labute approximate surface area is 100 Å². The molecule has 0 atom stereocenters. The van der Waals surface area contributed by atoms with Crippen molar-refractivity contribution < 1.29 is 9.32 Å². The van der Waals surface area contributed by atoms with Gasteiger partial charge in [0.15, 0.2) is 0 Å². The topological polar surface area (TPSA) is 79.2 Å². The largest absolute Gasteiger partial charge is 0.362 e. The number of hydrogen-bond acceptors (Lipinski definition) is 4. The summed E-state index contributed by atoms with van der Waals surface area (Å²) in [6.45, 7) is 2.42. The van der Waals surface area contributed by atoms with E-state index in [1.165, 1.54) is 12.7 Å². The molecule has 1 heterocycles. The first kappa shape index (κ1) is 11.9. The van der Waals surface area contributed by atoms with Crippen LogP contribution in [0.5, 0.6) is 0 Å². The summed E-state index contributed by atoms with van der Waals surface area (Å²) in [5, 5.41) is 12.5. The monoisotopic (exact) mass is 238 g/mol. The number of aryl methyl sites for hydroxylation is 1. The van der Waals surface area contributed by atoms with Crippen LogP contribution in [0.15, 0.2) is 10.8 Å². The molecule has 1 aromatic rings. The van der Waals surface area contributed by atoms with Crippen molar-refractivity contribution in [3.05, 3.63) is 12.0 Å². The summed E-state index contributed by atoms with van der Waals surface area (Å²) in [7, 11) is 1.93. The fraction of sp³-hybridized carbons (Fsp3) is 0.636. The van der Waals surface area contributed by atoms with Crippen molar-refractivity contribution in [1.82, 2.24) is 15.8 Å². The number of hydrogen-bond donors (Lipinski definition) is 3. The summed E-state index contributed by atoms with van der Waals surface area (Å²) >= 11 is 0. The number of nitrogens with one attached hydrogen (secondary N) is 3. The Morgan fingerprint density at radius 1 is 1.59 bits per heavy atom. The Hall–Kier alpha value is -1.56. The van der Waals surface area contributed by atoms with Gasteiger partial charge >= 0.3 is 6.03 Å². The maximum absolute atomic E-state index is 11.6. The number of carbonyl (C=O) groups excluding carboxylic acids is 1. The highest BCUT2D eigenvalue weighted by Crippen LogP contribution is 2.30. The third-order valence-electron chi connectivity index (χ3n) is 3.43. The molecule has 2 rings (SSSR count). The number of amides is 2. The van der Waals surface area contributed by atoms with Gasteiger partial charge in [0.2, 0.25) is 0 Å². The molecule has 0 unspecified atom stereocenters. The Balaban J connectivity index is 1.80. The molecule has 17 heavy (non-hydrogen) atoms. The van der Waals surface area contributed by atoms with Gasteiger partial charge in [-0.1, -0.05) is 5.16 Å². The summed E-state index contributed by atoms with van der Waals surface area (Å²) in [5.41, 5.74) is 1.36. The SMILES string of the molecule is CNC1(CNC(=O)Nc2conc2C)CCC1. The van der Waals surface area contributed by atoms with Crippen LogP contribution in [0.1, 0.15) is 25.0 Å². The van der Waals surface area contributed by atoms with Gasteiger partial charge in [0, 0.05) is 12.1 Å². The number of aromatic nitrogens is 1. The molecule has 94 valence electrons. The minimum atomic E-state index is -0.224. The smallest absolute Gasteiger partial charge is 0.319 e. The molecule has 0 radical (unpaired) electrons. The number of carbonyl (C=O) groups is 1. The second kappa shape index (κ2) is 4.75. The highest BCUT2D eigenvalue weighted by molar-refractivity contribution is 5.89. The van der Waals surface area contributed by atoms with Crippen LogP contribution in [-0.2, 0) is 0 Å². The maximum atomic E-state index is 11.6. The molecule has 6 nitrogen and oxygen atoms in total. The number of likely N-dealkylation sites (N-methyl/N-ethyl adjacent to an activating group) is 1. The lowest BCUT2D eigenvalue weighted by Gasteiger charge is -2.41. The molecule has 2 amide bonds. The Bertz CT molecular complexity index is 392. The molecule has 6 heteroatoms. The lowest BCUT2D eigenvalue weighted by molar-refractivity contribution is 0.191. The zero-order valence-corrected chi connectivity index (χ0v) is 10.2. The standard InChI is InChI=1S/C11H18N4O2/c1-8-9(6-17-15-8)14-10(16)13-7-11(12-2)4-3-5-11/h6,12H,3-5,7H2,1-2H3,(H2,13,14,16). The van der Waals surface area contributed by atoms with Crippen LogP contribution in [-0.4, -0.2) is 30.3 Å². The predicted molar refractivity (Wildman–Crippen MR) is 63.9 cm³/mol. The normalized spacial score (nSPS) is 17.3. The zero-order valence-electron chi connectivity index (χ0n) is 10.2. The molecule has 1 aromatic heterocycles. The van der Waals surface area contributed by atoms with Crippen molar-refractivity contribution in [1.29, 1.82) is 0 Å². The molecular weight excluding hydrogens is 220 g/mol. The predicted octanol–water partition coefficient (Wildman–Crippen LogP) is 1.25. The number of anilines is 1. The number of nitrogens with zero attached hydrogens (tertiary/aromatic N) is 1. The van der Waals surface area contributed by atoms with Crippen LogP contribution in [0.3, 0.4) is 0 Å². The minimum absolute atomic E-state index is 0.0844. The third-order valence-corrected chi connectivity index (χ3v) is 3.43. The van der Waals surface area contributed by atoms with Crippen LogP contribution >= 0.6 is 0 Å². The first-order valence-corrected chi connectivity index (χ1v) is 5.80. The maximum Gasteiger partial charge on any atom is 0.319 e. The summed E-state index contributed by atoms with van der Waals surface area (Å²) in [6.07, 6.45) is 4.85. The van der Waals surface area contributed by atoms with Gasteiger partial charge in [0.05, 0.1) is 0 Å². The van der Waals surface area contributed by atoms with Crippen LogP contribution in [0.4, 0.5) is 10.5 Å². The summed E-state index contributed by atoms with van der Waals surface area (Å²) in [5.74, 6) is 0. The average molecular weight is 238 g/mol. The van der Waals surface area contributed by atoms with Crippen LogP contribution in [0, 0.1) is 6.92 Å². The molecule has 1 aliphatic rings. The molecule has 0 aromatic carbocycles. The highest BCUT2D eigenvalue weighted by Gasteiger charge is 2.35. The summed E-state index contributed by atoms with van der Waals surface area (Å²) < 4.78 is 4.74. The van der Waals surface area contributed by atoms with Crippen LogP contribution in [0.25, 0.3) is 0 Å². The minimum Gasteiger partial charge on any atom is -0.362 e. The molecule has 0 spiro atoms. The van der Waals surface area contributed by atoms with E-state index in [9.17, 15) is 4.79 Å². The van der Waals surface area contributed by atoms with Gasteiger partial charge in [0.1, 0.15) is 17.6 Å². The number of urea groups is 1. The van der Waals surface area contributed by atoms with E-state index in [1.54, 1.807) is 6.92 Å². The van der Waals surface area contributed by atoms with Crippen molar-refractivity contribution in [2.45, 2.75) is 31.7 Å². The van der Waals surface area contributed by atoms with E-state index in [4.69, 9.17) is 4.52 Å². The van der Waals surface area contributed by atoms with E-state index >= 15 is 0 Å². The molecule has 1 fully saturated rings. The molecule has 1 aliphatic carbocycles. The Kier molecular flexibility index (Phi) is 3.33. The molecule has 1 saturated carbocycles. The van der Waals surface area contributed by atoms with Crippen molar-refractivity contribution in [2.75, 3.05) is 18.9 Å². The Morgan fingerprint density at radius 3 is 2.82 bits per heavy atom. The van der Waals surface area contributed by atoms with Crippen LogP contribution in [0.2, 0.25) is 0 Å². The van der Waals surface area contributed by atoms with E-state index in [-0.39, 0.29) is 11.6 Å². The molecule has 0 saturated heterocycles. The fourth-order valence-electron chi connectivity index (χ4n) is 1.95. The highest BCUT2D eigenvalue weighted by atomic mass is 16.5. The average Bonchev–Trinajstić information content (AvgIpc) is 2.64. The third kappa shape index (κ3) is 2.58. The van der Waals surface area contributed by atoms with Crippen molar-refractivity contribution >= 4 is 11.7 Å². The van der Waals surface area contributed by atoms with Crippen molar-refractivity contribution in [3.8, 4) is 0 Å². The Morgan fingerprint density at radius 2 is 2.35 bits per heavy atom. The number of rotatable bonds is 4.